The molecule has 0 aromatic heterocycles. The molecule has 0 fully saturated rings. The quantitative estimate of drug-likeness (QED) is 0.595. The molecule has 0 aliphatic carbocycles. The maximum absolute atomic E-state index is 13.3. The number of carbonyl (C=O) groups excluding carboxylic acids is 1. The van der Waals surface area contributed by atoms with Crippen LogP contribution in [0, 0.1) is 11.7 Å². The van der Waals surface area contributed by atoms with E-state index in [0.29, 0.717) is 0 Å². The number of aromatic carboxylic acids is 1. The third-order valence-corrected chi connectivity index (χ3v) is 2.69. The van der Waals surface area contributed by atoms with Gasteiger partial charge >= 0.3 is 5.97 Å². The molecule has 1 aromatic carbocycles. The summed E-state index contributed by atoms with van der Waals surface area (Å²) in [6, 6.07) is 1.47. The van der Waals surface area contributed by atoms with E-state index in [1.54, 1.807) is 13.8 Å². The molecule has 1 unspecified atom stereocenters. The second-order valence-electron chi connectivity index (χ2n) is 4.46. The highest BCUT2D eigenvalue weighted by Crippen LogP contribution is 2.26. The molecule has 104 valence electrons. The van der Waals surface area contributed by atoms with E-state index in [-0.39, 0.29) is 11.6 Å². The van der Waals surface area contributed by atoms with Gasteiger partial charge in [-0.15, -0.1) is 0 Å². The lowest BCUT2D eigenvalue weighted by Crippen LogP contribution is -2.40. The summed E-state index contributed by atoms with van der Waals surface area (Å²) in [5, 5.41) is 11.8. The monoisotopic (exact) mass is 269 g/mol. The Balaban J connectivity index is 3.24. The number of benzene rings is 1. The molecule has 0 saturated heterocycles. The fraction of sp³-hybridized carbons (Fsp3) is 0.333. The van der Waals surface area contributed by atoms with Crippen LogP contribution in [0.3, 0.4) is 0 Å². The van der Waals surface area contributed by atoms with E-state index in [4.69, 9.17) is 16.6 Å². The smallest absolute Gasteiger partial charge is 0.340 e. The van der Waals surface area contributed by atoms with Crippen LogP contribution < -0.4 is 16.8 Å². The number of nitrogens with two attached hydrogens (primary N) is 2. The van der Waals surface area contributed by atoms with Crippen LogP contribution in [-0.4, -0.2) is 23.0 Å². The predicted octanol–water partition coefficient (Wildman–Crippen LogP) is 1.03. The van der Waals surface area contributed by atoms with Crippen LogP contribution in [0.5, 0.6) is 0 Å². The molecule has 0 aliphatic heterocycles. The molecule has 19 heavy (non-hydrogen) atoms. The molecule has 0 radical (unpaired) electrons. The van der Waals surface area contributed by atoms with E-state index in [2.05, 4.69) is 5.32 Å². The second-order valence-corrected chi connectivity index (χ2v) is 4.46. The first-order valence-corrected chi connectivity index (χ1v) is 5.62. The molecular formula is C12H16FN3O3. The number of carbonyl (C=O) groups is 2. The lowest BCUT2D eigenvalue weighted by atomic mass is 10.0. The van der Waals surface area contributed by atoms with Gasteiger partial charge in [0.15, 0.2) is 0 Å². The van der Waals surface area contributed by atoms with Crippen LogP contribution in [0.2, 0.25) is 0 Å². The normalized spacial score (nSPS) is 12.2. The number of hydrogen-bond acceptors (Lipinski definition) is 4. The molecule has 0 aliphatic rings. The average molecular weight is 269 g/mol. The van der Waals surface area contributed by atoms with Crippen molar-refractivity contribution >= 4 is 23.3 Å². The van der Waals surface area contributed by atoms with Crippen molar-refractivity contribution in [3.8, 4) is 0 Å². The topological polar surface area (TPSA) is 118 Å². The Labute approximate surface area is 109 Å². The van der Waals surface area contributed by atoms with E-state index >= 15 is 0 Å². The molecule has 0 bridgehead atoms. The SMILES string of the molecule is CC(C)C(Nc1ccc(F)c(N)c1C(=O)O)C(N)=O. The van der Waals surface area contributed by atoms with Crippen LogP contribution in [0.1, 0.15) is 24.2 Å². The van der Waals surface area contributed by atoms with Gasteiger partial charge < -0.3 is 21.9 Å². The van der Waals surface area contributed by atoms with Gasteiger partial charge in [0, 0.05) is 0 Å². The highest BCUT2D eigenvalue weighted by molar-refractivity contribution is 6.00. The van der Waals surface area contributed by atoms with Crippen LogP contribution >= 0.6 is 0 Å². The summed E-state index contributed by atoms with van der Waals surface area (Å²) in [6.07, 6.45) is 0. The second kappa shape index (κ2) is 5.55. The first-order chi connectivity index (χ1) is 8.75. The number of halogens is 1. The lowest BCUT2D eigenvalue weighted by Gasteiger charge is -2.21. The first kappa shape index (κ1) is 14.7. The van der Waals surface area contributed by atoms with Crippen molar-refractivity contribution < 1.29 is 19.1 Å². The number of nitrogen functional groups attached to an aromatic ring is 1. The summed E-state index contributed by atoms with van der Waals surface area (Å²) in [4.78, 5) is 22.4. The van der Waals surface area contributed by atoms with Gasteiger partial charge in [0.2, 0.25) is 5.91 Å². The Kier molecular flexibility index (Phi) is 4.31. The zero-order valence-electron chi connectivity index (χ0n) is 10.6. The molecular weight excluding hydrogens is 253 g/mol. The van der Waals surface area contributed by atoms with Crippen LogP contribution in [0.4, 0.5) is 15.8 Å². The van der Waals surface area contributed by atoms with Gasteiger partial charge in [-0.25, -0.2) is 9.18 Å². The molecule has 0 heterocycles. The summed E-state index contributed by atoms with van der Waals surface area (Å²) >= 11 is 0. The van der Waals surface area contributed by atoms with Crippen molar-refractivity contribution in [2.45, 2.75) is 19.9 Å². The van der Waals surface area contributed by atoms with Gasteiger partial charge in [-0.2, -0.15) is 0 Å². The molecule has 1 aromatic rings. The fourth-order valence-electron chi connectivity index (χ4n) is 1.68. The maximum atomic E-state index is 13.3. The molecule has 0 spiro atoms. The van der Waals surface area contributed by atoms with Crippen LogP contribution in [0.15, 0.2) is 12.1 Å². The lowest BCUT2D eigenvalue weighted by molar-refractivity contribution is -0.119. The molecule has 6 nitrogen and oxygen atoms in total. The Morgan fingerprint density at radius 2 is 1.95 bits per heavy atom. The van der Waals surface area contributed by atoms with E-state index < -0.39 is 35.0 Å². The number of hydrogen-bond donors (Lipinski definition) is 4. The summed E-state index contributed by atoms with van der Waals surface area (Å²) < 4.78 is 13.3. The highest BCUT2D eigenvalue weighted by Gasteiger charge is 2.24. The summed E-state index contributed by atoms with van der Waals surface area (Å²) in [7, 11) is 0. The average Bonchev–Trinajstić information content (AvgIpc) is 2.28. The van der Waals surface area contributed by atoms with Gasteiger partial charge in [0.05, 0.1) is 11.4 Å². The first-order valence-electron chi connectivity index (χ1n) is 5.62. The van der Waals surface area contributed by atoms with Gasteiger partial charge in [-0.05, 0) is 18.1 Å². The number of amides is 1. The number of carboxylic acid groups (broad SMARTS) is 1. The van der Waals surface area contributed by atoms with E-state index in [1.807, 2.05) is 0 Å². The molecule has 1 rings (SSSR count). The number of primary amides is 1. The van der Waals surface area contributed by atoms with Crippen molar-refractivity contribution in [3.63, 3.8) is 0 Å². The summed E-state index contributed by atoms with van der Waals surface area (Å²) in [5.74, 6) is -3.01. The predicted molar refractivity (Wildman–Crippen MR) is 69.2 cm³/mol. The highest BCUT2D eigenvalue weighted by atomic mass is 19.1. The number of carboxylic acids is 1. The van der Waals surface area contributed by atoms with Crippen LogP contribution in [-0.2, 0) is 4.79 Å². The molecule has 6 N–H and O–H groups in total. The Bertz CT molecular complexity index is 517. The van der Waals surface area contributed by atoms with Crippen molar-refractivity contribution in [3.05, 3.63) is 23.5 Å². The third kappa shape index (κ3) is 3.12. The van der Waals surface area contributed by atoms with Crippen molar-refractivity contribution in [2.75, 3.05) is 11.1 Å². The molecule has 7 heteroatoms. The standard InChI is InChI=1S/C12H16FN3O3/c1-5(2)10(11(15)17)16-7-4-3-6(13)9(14)8(7)12(18)19/h3-5,10,16H,14H2,1-2H3,(H2,15,17)(H,18,19). The van der Waals surface area contributed by atoms with E-state index in [9.17, 15) is 14.0 Å². The van der Waals surface area contributed by atoms with Crippen molar-refractivity contribution in [1.82, 2.24) is 0 Å². The largest absolute Gasteiger partial charge is 0.478 e. The number of nitrogens with one attached hydrogen (secondary N) is 1. The Hall–Kier alpha value is -2.31. The molecule has 1 atom stereocenters. The molecule has 1 amide bonds. The Morgan fingerprint density at radius 1 is 1.37 bits per heavy atom. The van der Waals surface area contributed by atoms with Crippen molar-refractivity contribution in [1.29, 1.82) is 0 Å². The molecule has 0 saturated carbocycles. The maximum Gasteiger partial charge on any atom is 0.340 e. The minimum atomic E-state index is -1.38. The van der Waals surface area contributed by atoms with Gasteiger partial charge in [0.25, 0.3) is 0 Å². The minimum Gasteiger partial charge on any atom is -0.478 e. The van der Waals surface area contributed by atoms with E-state index in [1.165, 1.54) is 6.07 Å². The van der Waals surface area contributed by atoms with E-state index in [0.717, 1.165) is 6.07 Å². The number of rotatable bonds is 5. The van der Waals surface area contributed by atoms with Gasteiger partial charge in [0.1, 0.15) is 17.4 Å². The minimum absolute atomic E-state index is 0.0592. The van der Waals surface area contributed by atoms with Gasteiger partial charge in [-0.1, -0.05) is 13.8 Å². The zero-order chi connectivity index (χ0) is 14.7. The summed E-state index contributed by atoms with van der Waals surface area (Å²) in [5.41, 5.74) is 9.79. The van der Waals surface area contributed by atoms with Gasteiger partial charge in [-0.3, -0.25) is 4.79 Å². The van der Waals surface area contributed by atoms with Crippen LogP contribution in [0.25, 0.3) is 0 Å². The van der Waals surface area contributed by atoms with Crippen molar-refractivity contribution in [2.24, 2.45) is 11.7 Å². The number of anilines is 2. The summed E-state index contributed by atoms with van der Waals surface area (Å²) in [6.45, 7) is 3.49. The fourth-order valence-corrected chi connectivity index (χ4v) is 1.68. The zero-order valence-corrected chi connectivity index (χ0v) is 10.6. The third-order valence-electron chi connectivity index (χ3n) is 2.69. The Morgan fingerprint density at radius 3 is 2.37 bits per heavy atom.